The van der Waals surface area contributed by atoms with E-state index in [2.05, 4.69) is 29.8 Å². The molecular formula is C14H19BrOS. The van der Waals surface area contributed by atoms with Crippen LogP contribution in [0.15, 0.2) is 15.2 Å². The van der Waals surface area contributed by atoms with E-state index in [1.54, 1.807) is 11.3 Å². The Bertz CT molecular complexity index is 389. The first kappa shape index (κ1) is 13.3. The molecule has 1 aromatic heterocycles. The highest BCUT2D eigenvalue weighted by Crippen LogP contribution is 2.36. The van der Waals surface area contributed by atoms with Crippen LogP contribution in [0.2, 0.25) is 0 Å². The van der Waals surface area contributed by atoms with E-state index in [-0.39, 0.29) is 5.92 Å². The third-order valence-electron chi connectivity index (χ3n) is 3.97. The van der Waals surface area contributed by atoms with Gasteiger partial charge in [-0.05, 0) is 53.4 Å². The Morgan fingerprint density at radius 3 is 2.41 bits per heavy atom. The zero-order valence-electron chi connectivity index (χ0n) is 10.4. The van der Waals surface area contributed by atoms with Gasteiger partial charge in [-0.25, -0.2) is 0 Å². The van der Waals surface area contributed by atoms with Crippen molar-refractivity contribution in [1.29, 1.82) is 0 Å². The van der Waals surface area contributed by atoms with Crippen LogP contribution in [0.25, 0.3) is 0 Å². The largest absolute Gasteiger partial charge is 0.294 e. The van der Waals surface area contributed by atoms with Crippen LogP contribution in [-0.4, -0.2) is 5.78 Å². The molecule has 17 heavy (non-hydrogen) atoms. The summed E-state index contributed by atoms with van der Waals surface area (Å²) in [4.78, 5) is 12.3. The molecule has 1 heterocycles. The maximum absolute atomic E-state index is 12.3. The molecule has 0 aliphatic heterocycles. The van der Waals surface area contributed by atoms with Gasteiger partial charge >= 0.3 is 0 Å². The van der Waals surface area contributed by atoms with Crippen molar-refractivity contribution in [3.8, 4) is 0 Å². The number of carbonyl (C=O) groups is 1. The van der Waals surface area contributed by atoms with E-state index >= 15 is 0 Å². The lowest BCUT2D eigenvalue weighted by molar-refractivity contribution is 0.0858. The van der Waals surface area contributed by atoms with Gasteiger partial charge in [0, 0.05) is 26.7 Å². The minimum Gasteiger partial charge on any atom is -0.294 e. The molecular weight excluding hydrogens is 296 g/mol. The highest BCUT2D eigenvalue weighted by molar-refractivity contribution is 9.10. The molecule has 1 aromatic rings. The fraction of sp³-hybridized carbons (Fsp3) is 0.643. The minimum atomic E-state index is 0.260. The number of hydrogen-bond donors (Lipinski definition) is 0. The minimum absolute atomic E-state index is 0.260. The predicted molar refractivity (Wildman–Crippen MR) is 76.6 cm³/mol. The Morgan fingerprint density at radius 2 is 1.94 bits per heavy atom. The number of hydrogen-bond acceptors (Lipinski definition) is 2. The second-order valence-electron chi connectivity index (χ2n) is 5.35. The van der Waals surface area contributed by atoms with Crippen molar-refractivity contribution < 1.29 is 4.79 Å². The summed E-state index contributed by atoms with van der Waals surface area (Å²) in [5, 5.41) is 3.97. The van der Waals surface area contributed by atoms with E-state index in [4.69, 9.17) is 0 Å². The molecule has 94 valence electrons. The lowest BCUT2D eigenvalue weighted by Gasteiger charge is -2.30. The molecule has 0 N–H and O–H groups in total. The number of thiophene rings is 1. The number of Topliss-reactive ketones (excluding diaryl/α,β-unsaturated/α-hetero) is 1. The van der Waals surface area contributed by atoms with E-state index in [1.165, 1.54) is 12.8 Å². The van der Waals surface area contributed by atoms with Crippen LogP contribution in [0.3, 0.4) is 0 Å². The molecule has 0 radical (unpaired) electrons. The number of halogens is 1. The van der Waals surface area contributed by atoms with Crippen LogP contribution in [0.4, 0.5) is 0 Å². The summed E-state index contributed by atoms with van der Waals surface area (Å²) >= 11 is 5.05. The van der Waals surface area contributed by atoms with Gasteiger partial charge in [-0.3, -0.25) is 4.79 Å². The van der Waals surface area contributed by atoms with Gasteiger partial charge < -0.3 is 0 Å². The fourth-order valence-electron chi connectivity index (χ4n) is 2.73. The van der Waals surface area contributed by atoms with Crippen molar-refractivity contribution in [1.82, 2.24) is 0 Å². The highest BCUT2D eigenvalue weighted by atomic mass is 79.9. The van der Waals surface area contributed by atoms with Crippen molar-refractivity contribution in [2.24, 2.45) is 17.8 Å². The molecule has 1 aliphatic rings. The topological polar surface area (TPSA) is 17.1 Å². The van der Waals surface area contributed by atoms with Crippen molar-refractivity contribution in [3.05, 3.63) is 20.8 Å². The zero-order chi connectivity index (χ0) is 12.4. The maximum Gasteiger partial charge on any atom is 0.167 e. The molecule has 2 rings (SSSR count). The van der Waals surface area contributed by atoms with Crippen molar-refractivity contribution in [2.75, 3.05) is 0 Å². The van der Waals surface area contributed by atoms with Crippen molar-refractivity contribution >= 4 is 33.0 Å². The molecule has 0 amide bonds. The van der Waals surface area contributed by atoms with Crippen LogP contribution in [0.1, 0.15) is 49.9 Å². The first-order chi connectivity index (χ1) is 8.09. The van der Waals surface area contributed by atoms with Gasteiger partial charge in [-0.1, -0.05) is 13.8 Å². The van der Waals surface area contributed by atoms with Crippen molar-refractivity contribution in [3.63, 3.8) is 0 Å². The van der Waals surface area contributed by atoms with Crippen LogP contribution in [0.5, 0.6) is 0 Å². The summed E-state index contributed by atoms with van der Waals surface area (Å²) in [7, 11) is 0. The van der Waals surface area contributed by atoms with E-state index in [1.807, 2.05) is 10.8 Å². The maximum atomic E-state index is 12.3. The van der Waals surface area contributed by atoms with E-state index < -0.39 is 0 Å². The van der Waals surface area contributed by atoms with Gasteiger partial charge in [0.1, 0.15) is 0 Å². The van der Waals surface area contributed by atoms with E-state index in [0.29, 0.717) is 5.78 Å². The second kappa shape index (κ2) is 5.66. The third kappa shape index (κ3) is 3.00. The van der Waals surface area contributed by atoms with Gasteiger partial charge in [-0.15, -0.1) is 0 Å². The summed E-state index contributed by atoms with van der Waals surface area (Å²) in [6, 6.07) is 0. The van der Waals surface area contributed by atoms with Gasteiger partial charge in [0.15, 0.2) is 5.78 Å². The zero-order valence-corrected chi connectivity index (χ0v) is 12.8. The number of rotatable bonds is 3. The molecule has 1 aliphatic carbocycles. The normalized spacial score (nSPS) is 25.2. The Balaban J connectivity index is 1.98. The Morgan fingerprint density at radius 1 is 1.29 bits per heavy atom. The van der Waals surface area contributed by atoms with Gasteiger partial charge in [0.2, 0.25) is 0 Å². The number of ketones is 1. The molecule has 0 saturated heterocycles. The monoisotopic (exact) mass is 314 g/mol. The summed E-state index contributed by atoms with van der Waals surface area (Å²) in [5.74, 6) is 2.19. The highest BCUT2D eigenvalue weighted by Gasteiger charge is 2.29. The van der Waals surface area contributed by atoms with Gasteiger partial charge in [-0.2, -0.15) is 11.3 Å². The summed E-state index contributed by atoms with van der Waals surface area (Å²) in [6.07, 6.45) is 4.58. The molecule has 0 atom stereocenters. The Hall–Kier alpha value is -0.150. The molecule has 0 spiro atoms. The summed E-state index contributed by atoms with van der Waals surface area (Å²) < 4.78 is 0.971. The lowest BCUT2D eigenvalue weighted by Crippen LogP contribution is -2.24. The molecule has 1 saturated carbocycles. The Kier molecular flexibility index (Phi) is 4.42. The first-order valence-corrected chi connectivity index (χ1v) is 8.09. The van der Waals surface area contributed by atoms with Crippen molar-refractivity contribution in [2.45, 2.75) is 39.5 Å². The second-order valence-corrected chi connectivity index (χ2v) is 6.95. The molecule has 1 fully saturated rings. The van der Waals surface area contributed by atoms with Crippen LogP contribution >= 0.6 is 27.3 Å². The van der Waals surface area contributed by atoms with Crippen LogP contribution in [0, 0.1) is 17.8 Å². The van der Waals surface area contributed by atoms with Gasteiger partial charge in [0.25, 0.3) is 0 Å². The van der Waals surface area contributed by atoms with Crippen LogP contribution in [-0.2, 0) is 0 Å². The number of carbonyl (C=O) groups excluding carboxylic acids is 1. The van der Waals surface area contributed by atoms with Gasteiger partial charge in [0.05, 0.1) is 0 Å². The SMILES string of the molecule is CC(C)C1CCC(C(=O)c2cscc2Br)CC1. The standard InChI is InChI=1S/C14H19BrOS/c1-9(2)10-3-5-11(6-4-10)14(16)12-7-17-8-13(12)15/h7-11H,3-6H2,1-2H3. The summed E-state index contributed by atoms with van der Waals surface area (Å²) in [5.41, 5.74) is 0.892. The summed E-state index contributed by atoms with van der Waals surface area (Å²) in [6.45, 7) is 4.59. The predicted octanol–water partition coefficient (Wildman–Crippen LogP) is 5.16. The average Bonchev–Trinajstić information content (AvgIpc) is 2.74. The molecule has 3 heteroatoms. The van der Waals surface area contributed by atoms with E-state index in [9.17, 15) is 4.79 Å². The molecule has 1 nitrogen and oxygen atoms in total. The smallest absolute Gasteiger partial charge is 0.167 e. The third-order valence-corrected chi connectivity index (χ3v) is 5.67. The van der Waals surface area contributed by atoms with Crippen LogP contribution < -0.4 is 0 Å². The quantitative estimate of drug-likeness (QED) is 0.705. The molecule has 0 bridgehead atoms. The molecule has 0 unspecified atom stereocenters. The average molecular weight is 315 g/mol. The molecule has 0 aromatic carbocycles. The fourth-order valence-corrected chi connectivity index (χ4v) is 4.20. The van der Waals surface area contributed by atoms with E-state index in [0.717, 1.165) is 34.7 Å². The lowest BCUT2D eigenvalue weighted by atomic mass is 9.75. The first-order valence-electron chi connectivity index (χ1n) is 6.35. The Labute approximate surface area is 116 Å².